The van der Waals surface area contributed by atoms with Crippen LogP contribution in [0.15, 0.2) is 24.3 Å². The summed E-state index contributed by atoms with van der Waals surface area (Å²) in [7, 11) is -1.81. The largest absolute Gasteiger partial charge is 0.399 e. The Labute approximate surface area is 119 Å². The summed E-state index contributed by atoms with van der Waals surface area (Å²) in [4.78, 5) is 13.3. The number of sulfonamides is 1. The van der Waals surface area contributed by atoms with E-state index in [-0.39, 0.29) is 18.2 Å². The van der Waals surface area contributed by atoms with Crippen molar-refractivity contribution in [3.05, 3.63) is 29.8 Å². The van der Waals surface area contributed by atoms with E-state index in [1.807, 2.05) is 0 Å². The number of nitrogens with zero attached hydrogens (tertiary/aromatic N) is 2. The molecule has 0 radical (unpaired) electrons. The summed E-state index contributed by atoms with van der Waals surface area (Å²) in [5.41, 5.74) is 6.82. The summed E-state index contributed by atoms with van der Waals surface area (Å²) < 4.78 is 26.0. The molecular weight excluding hydrogens is 278 g/mol. The Morgan fingerprint density at radius 2 is 2.05 bits per heavy atom. The highest BCUT2D eigenvalue weighted by molar-refractivity contribution is 7.88. The molecule has 0 aliphatic carbocycles. The molecule has 1 aliphatic heterocycles. The molecule has 1 aromatic rings. The topological polar surface area (TPSA) is 83.7 Å². The maximum atomic E-state index is 12.4. The quantitative estimate of drug-likeness (QED) is 0.811. The fourth-order valence-electron chi connectivity index (χ4n) is 2.18. The highest BCUT2D eigenvalue weighted by Gasteiger charge is 2.28. The molecule has 2 N–H and O–H groups in total. The van der Waals surface area contributed by atoms with Gasteiger partial charge in [0.05, 0.1) is 12.3 Å². The van der Waals surface area contributed by atoms with Crippen LogP contribution in [0.5, 0.6) is 0 Å². The van der Waals surface area contributed by atoms with Crippen molar-refractivity contribution in [3.8, 4) is 0 Å². The van der Waals surface area contributed by atoms with Crippen LogP contribution in [-0.2, 0) is 20.6 Å². The van der Waals surface area contributed by atoms with E-state index in [2.05, 4.69) is 0 Å². The third-order valence-electron chi connectivity index (χ3n) is 3.33. The van der Waals surface area contributed by atoms with E-state index in [1.54, 1.807) is 36.2 Å². The number of likely N-dealkylation sites (N-methyl/N-ethyl adjacent to an activating group) is 1. The number of carbonyl (C=O) groups is 1. The fourth-order valence-corrected chi connectivity index (χ4v) is 3.68. The third-order valence-corrected chi connectivity index (χ3v) is 5.13. The average molecular weight is 297 g/mol. The van der Waals surface area contributed by atoms with Crippen molar-refractivity contribution in [3.63, 3.8) is 0 Å². The van der Waals surface area contributed by atoms with Crippen molar-refractivity contribution < 1.29 is 13.2 Å². The van der Waals surface area contributed by atoms with Gasteiger partial charge in [-0.1, -0.05) is 12.1 Å². The van der Waals surface area contributed by atoms with Crippen LogP contribution < -0.4 is 5.73 Å². The lowest BCUT2D eigenvalue weighted by molar-refractivity contribution is -0.129. The Kier molecular flexibility index (Phi) is 4.29. The van der Waals surface area contributed by atoms with Crippen LogP contribution in [0, 0.1) is 0 Å². The van der Waals surface area contributed by atoms with Crippen molar-refractivity contribution in [2.45, 2.75) is 12.2 Å². The number of hydrogen-bond acceptors (Lipinski definition) is 4. The SMILES string of the molecule is CN1CCCN(S(=O)(=O)Cc2cccc(N)c2)CC1=O. The molecule has 0 bridgehead atoms. The number of nitrogen functional groups attached to an aromatic ring is 1. The number of hydrogen-bond donors (Lipinski definition) is 1. The van der Waals surface area contributed by atoms with Crippen LogP contribution in [0.3, 0.4) is 0 Å². The predicted molar refractivity (Wildman–Crippen MR) is 77.3 cm³/mol. The van der Waals surface area contributed by atoms with Gasteiger partial charge in [-0.05, 0) is 24.1 Å². The number of benzene rings is 1. The highest BCUT2D eigenvalue weighted by Crippen LogP contribution is 2.15. The third kappa shape index (κ3) is 3.49. The zero-order chi connectivity index (χ0) is 14.8. The van der Waals surface area contributed by atoms with E-state index >= 15 is 0 Å². The molecular formula is C13H19N3O3S. The summed E-state index contributed by atoms with van der Waals surface area (Å²) in [5, 5.41) is 0. The van der Waals surface area contributed by atoms with Crippen LogP contribution in [0.25, 0.3) is 0 Å². The first-order valence-electron chi connectivity index (χ1n) is 6.45. The van der Waals surface area contributed by atoms with Gasteiger partial charge < -0.3 is 10.6 Å². The zero-order valence-corrected chi connectivity index (χ0v) is 12.3. The Hall–Kier alpha value is -1.60. The molecule has 0 atom stereocenters. The Morgan fingerprint density at radius 3 is 2.75 bits per heavy atom. The molecule has 0 aromatic heterocycles. The molecule has 1 amide bonds. The van der Waals surface area contributed by atoms with Gasteiger partial charge in [0, 0.05) is 25.8 Å². The Bertz CT molecular complexity index is 601. The van der Waals surface area contributed by atoms with Crippen LogP contribution in [-0.4, -0.2) is 50.2 Å². The lowest BCUT2D eigenvalue weighted by Crippen LogP contribution is -2.38. The standard InChI is InChI=1S/C13H19N3O3S/c1-15-6-3-7-16(9-13(15)17)20(18,19)10-11-4-2-5-12(14)8-11/h2,4-5,8H,3,6-7,9-10,14H2,1H3. The second-order valence-corrected chi connectivity index (χ2v) is 6.97. The first-order valence-corrected chi connectivity index (χ1v) is 8.05. The molecule has 0 saturated carbocycles. The van der Waals surface area contributed by atoms with Crippen molar-refractivity contribution in [1.29, 1.82) is 0 Å². The van der Waals surface area contributed by atoms with E-state index in [9.17, 15) is 13.2 Å². The van der Waals surface area contributed by atoms with Crippen molar-refractivity contribution >= 4 is 21.6 Å². The van der Waals surface area contributed by atoms with Crippen molar-refractivity contribution in [1.82, 2.24) is 9.21 Å². The summed E-state index contributed by atoms with van der Waals surface area (Å²) >= 11 is 0. The lowest BCUT2D eigenvalue weighted by Gasteiger charge is -2.19. The fraction of sp³-hybridized carbons (Fsp3) is 0.462. The smallest absolute Gasteiger partial charge is 0.237 e. The number of amides is 1. The predicted octanol–water partition coefficient (Wildman–Crippen LogP) is 0.263. The van der Waals surface area contributed by atoms with E-state index in [1.165, 1.54) is 4.31 Å². The van der Waals surface area contributed by atoms with Gasteiger partial charge in [0.15, 0.2) is 0 Å². The van der Waals surface area contributed by atoms with Gasteiger partial charge in [-0.3, -0.25) is 4.79 Å². The highest BCUT2D eigenvalue weighted by atomic mass is 32.2. The van der Waals surface area contributed by atoms with Crippen molar-refractivity contribution in [2.24, 2.45) is 0 Å². The number of anilines is 1. The Balaban J connectivity index is 2.15. The second-order valence-electron chi connectivity index (χ2n) is 5.00. The molecule has 20 heavy (non-hydrogen) atoms. The first kappa shape index (κ1) is 14.8. The van der Waals surface area contributed by atoms with Crippen LogP contribution >= 0.6 is 0 Å². The number of nitrogens with two attached hydrogens (primary N) is 1. The van der Waals surface area contributed by atoms with Gasteiger partial charge in [0.2, 0.25) is 15.9 Å². The summed E-state index contributed by atoms with van der Waals surface area (Å²) in [6.45, 7) is 0.880. The minimum absolute atomic E-state index is 0.0822. The molecule has 7 heteroatoms. The van der Waals surface area contributed by atoms with Gasteiger partial charge in [0.1, 0.15) is 0 Å². The average Bonchev–Trinajstić information content (AvgIpc) is 2.52. The molecule has 2 rings (SSSR count). The molecule has 1 saturated heterocycles. The van der Waals surface area contributed by atoms with Crippen LogP contribution in [0.2, 0.25) is 0 Å². The van der Waals surface area contributed by atoms with E-state index in [0.717, 1.165) is 0 Å². The maximum Gasteiger partial charge on any atom is 0.237 e. The molecule has 1 heterocycles. The Morgan fingerprint density at radius 1 is 1.30 bits per heavy atom. The lowest BCUT2D eigenvalue weighted by atomic mass is 10.2. The van der Waals surface area contributed by atoms with Gasteiger partial charge in [-0.25, -0.2) is 8.42 Å². The summed E-state index contributed by atoms with van der Waals surface area (Å²) in [6, 6.07) is 6.80. The van der Waals surface area contributed by atoms with Gasteiger partial charge >= 0.3 is 0 Å². The van der Waals surface area contributed by atoms with E-state index in [4.69, 9.17) is 5.73 Å². The minimum atomic E-state index is -3.50. The summed E-state index contributed by atoms with van der Waals surface area (Å²) in [5.74, 6) is -0.298. The number of rotatable bonds is 3. The van der Waals surface area contributed by atoms with Crippen LogP contribution in [0.1, 0.15) is 12.0 Å². The number of carbonyl (C=O) groups excluding carboxylic acids is 1. The van der Waals surface area contributed by atoms with E-state index < -0.39 is 10.0 Å². The molecule has 1 aromatic carbocycles. The normalized spacial score (nSPS) is 18.1. The molecule has 0 spiro atoms. The maximum absolute atomic E-state index is 12.4. The van der Waals surface area contributed by atoms with Gasteiger partial charge in [0.25, 0.3) is 0 Å². The van der Waals surface area contributed by atoms with Crippen LogP contribution in [0.4, 0.5) is 5.69 Å². The van der Waals surface area contributed by atoms with Gasteiger partial charge in [-0.2, -0.15) is 4.31 Å². The molecule has 6 nitrogen and oxygen atoms in total. The first-order chi connectivity index (χ1) is 9.38. The molecule has 1 fully saturated rings. The van der Waals surface area contributed by atoms with Gasteiger partial charge in [-0.15, -0.1) is 0 Å². The minimum Gasteiger partial charge on any atom is -0.399 e. The molecule has 110 valence electrons. The van der Waals surface area contributed by atoms with E-state index in [0.29, 0.717) is 30.8 Å². The summed E-state index contributed by atoms with van der Waals surface area (Å²) in [6.07, 6.45) is 0.651. The molecule has 0 unspecified atom stereocenters. The monoisotopic (exact) mass is 297 g/mol. The zero-order valence-electron chi connectivity index (χ0n) is 11.4. The van der Waals surface area contributed by atoms with Crippen molar-refractivity contribution in [2.75, 3.05) is 32.4 Å². The molecule has 1 aliphatic rings. The second kappa shape index (κ2) is 5.80.